The number of hydrogen-bond donors (Lipinski definition) is 1. The molecule has 4 nitrogen and oxygen atoms in total. The van der Waals surface area contributed by atoms with E-state index in [-0.39, 0.29) is 5.91 Å². The van der Waals surface area contributed by atoms with E-state index in [2.05, 4.69) is 10.3 Å². The van der Waals surface area contributed by atoms with E-state index in [1.54, 1.807) is 6.20 Å². The first-order valence-electron chi connectivity index (χ1n) is 8.54. The Kier molecular flexibility index (Phi) is 5.14. The number of carbonyl (C=O) groups is 1. The van der Waals surface area contributed by atoms with E-state index >= 15 is 0 Å². The first kappa shape index (κ1) is 17.6. The fraction of sp³-hybridized carbons (Fsp3) is 0.0952. The van der Waals surface area contributed by atoms with Gasteiger partial charge in [-0.1, -0.05) is 35.9 Å². The fourth-order valence-electron chi connectivity index (χ4n) is 2.89. The van der Waals surface area contributed by atoms with E-state index in [0.29, 0.717) is 22.9 Å². The van der Waals surface area contributed by atoms with Crippen molar-refractivity contribution >= 4 is 39.7 Å². The average Bonchev–Trinajstić information content (AvgIpc) is 3.14. The zero-order valence-corrected chi connectivity index (χ0v) is 15.9. The van der Waals surface area contributed by atoms with E-state index in [4.69, 9.17) is 16.6 Å². The SMILES string of the molecule is O=C(NCCc1ccccn1)c1cc(-c2ccc(Cl)s2)nc2ccccc12. The molecular weight excluding hydrogens is 378 g/mol. The van der Waals surface area contributed by atoms with Gasteiger partial charge in [-0.25, -0.2) is 4.98 Å². The number of rotatable bonds is 5. The summed E-state index contributed by atoms with van der Waals surface area (Å²) in [6.45, 7) is 0.520. The quantitative estimate of drug-likeness (QED) is 0.520. The van der Waals surface area contributed by atoms with Crippen LogP contribution in [-0.4, -0.2) is 22.4 Å². The zero-order chi connectivity index (χ0) is 18.6. The van der Waals surface area contributed by atoms with E-state index in [9.17, 15) is 4.79 Å². The highest BCUT2D eigenvalue weighted by atomic mass is 35.5. The van der Waals surface area contributed by atoms with Gasteiger partial charge in [-0.2, -0.15) is 0 Å². The molecule has 3 heterocycles. The number of fused-ring (bicyclic) bond motifs is 1. The maximum absolute atomic E-state index is 12.9. The zero-order valence-electron chi connectivity index (χ0n) is 14.4. The number of thiophene rings is 1. The van der Waals surface area contributed by atoms with Crippen LogP contribution >= 0.6 is 22.9 Å². The van der Waals surface area contributed by atoms with Crippen molar-refractivity contribution in [3.05, 3.63) is 82.5 Å². The van der Waals surface area contributed by atoms with Crippen molar-refractivity contribution < 1.29 is 4.79 Å². The molecule has 1 amide bonds. The second-order valence-electron chi connectivity index (χ2n) is 6.00. The summed E-state index contributed by atoms with van der Waals surface area (Å²) in [6, 6.07) is 19.0. The van der Waals surface area contributed by atoms with Crippen molar-refractivity contribution in [2.75, 3.05) is 6.54 Å². The number of para-hydroxylation sites is 1. The molecule has 0 radical (unpaired) electrons. The van der Waals surface area contributed by atoms with Crippen molar-refractivity contribution in [2.24, 2.45) is 0 Å². The normalized spacial score (nSPS) is 10.9. The number of aromatic nitrogens is 2. The first-order chi connectivity index (χ1) is 13.2. The predicted molar refractivity (Wildman–Crippen MR) is 110 cm³/mol. The number of benzene rings is 1. The summed E-state index contributed by atoms with van der Waals surface area (Å²) in [5.74, 6) is -0.117. The maximum Gasteiger partial charge on any atom is 0.252 e. The van der Waals surface area contributed by atoms with Crippen LogP contribution in [0.4, 0.5) is 0 Å². The molecule has 134 valence electrons. The van der Waals surface area contributed by atoms with Gasteiger partial charge in [-0.15, -0.1) is 11.3 Å². The van der Waals surface area contributed by atoms with Gasteiger partial charge in [0.15, 0.2) is 0 Å². The smallest absolute Gasteiger partial charge is 0.252 e. The van der Waals surface area contributed by atoms with Gasteiger partial charge >= 0.3 is 0 Å². The van der Waals surface area contributed by atoms with Gasteiger partial charge in [0.1, 0.15) is 0 Å². The highest BCUT2D eigenvalue weighted by Gasteiger charge is 2.14. The molecule has 0 aliphatic carbocycles. The number of pyridine rings is 2. The molecular formula is C21H16ClN3OS. The molecule has 4 rings (SSSR count). The molecule has 0 unspecified atom stereocenters. The summed E-state index contributed by atoms with van der Waals surface area (Å²) in [4.78, 5) is 22.8. The van der Waals surface area contributed by atoms with Gasteiger partial charge in [-0.05, 0) is 36.4 Å². The molecule has 4 aromatic rings. The van der Waals surface area contributed by atoms with E-state index in [1.807, 2.05) is 60.7 Å². The molecule has 0 fully saturated rings. The van der Waals surface area contributed by atoms with Crippen LogP contribution in [0.3, 0.4) is 0 Å². The third kappa shape index (κ3) is 3.99. The van der Waals surface area contributed by atoms with E-state index < -0.39 is 0 Å². The highest BCUT2D eigenvalue weighted by Crippen LogP contribution is 2.32. The van der Waals surface area contributed by atoms with Crippen LogP contribution < -0.4 is 5.32 Å². The number of nitrogens with zero attached hydrogens (tertiary/aromatic N) is 2. The van der Waals surface area contributed by atoms with Crippen LogP contribution in [0, 0.1) is 0 Å². The Morgan fingerprint density at radius 1 is 1.07 bits per heavy atom. The molecule has 0 aliphatic heterocycles. The van der Waals surface area contributed by atoms with E-state index in [1.165, 1.54) is 11.3 Å². The lowest BCUT2D eigenvalue weighted by Gasteiger charge is -2.10. The van der Waals surface area contributed by atoms with Gasteiger partial charge in [0.25, 0.3) is 5.91 Å². The Bertz CT molecular complexity index is 1090. The predicted octanol–water partition coefficient (Wildman–Crippen LogP) is 4.98. The van der Waals surface area contributed by atoms with Crippen LogP contribution in [0.2, 0.25) is 4.34 Å². The Hall–Kier alpha value is -2.76. The van der Waals surface area contributed by atoms with Crippen molar-refractivity contribution in [3.63, 3.8) is 0 Å². The molecule has 0 spiro atoms. The Morgan fingerprint density at radius 3 is 2.70 bits per heavy atom. The highest BCUT2D eigenvalue weighted by molar-refractivity contribution is 7.19. The lowest BCUT2D eigenvalue weighted by atomic mass is 10.1. The van der Waals surface area contributed by atoms with Crippen LogP contribution in [0.5, 0.6) is 0 Å². The average molecular weight is 394 g/mol. The van der Waals surface area contributed by atoms with Crippen molar-refractivity contribution in [1.82, 2.24) is 15.3 Å². The first-order valence-corrected chi connectivity index (χ1v) is 9.74. The monoisotopic (exact) mass is 393 g/mol. The second-order valence-corrected chi connectivity index (χ2v) is 7.72. The molecule has 0 saturated heterocycles. The molecule has 1 aromatic carbocycles. The van der Waals surface area contributed by atoms with Crippen LogP contribution in [-0.2, 0) is 6.42 Å². The van der Waals surface area contributed by atoms with Crippen molar-refractivity contribution in [3.8, 4) is 10.6 Å². The van der Waals surface area contributed by atoms with Crippen molar-refractivity contribution in [1.29, 1.82) is 0 Å². The molecule has 27 heavy (non-hydrogen) atoms. The third-order valence-corrected chi connectivity index (χ3v) is 5.43. The summed E-state index contributed by atoms with van der Waals surface area (Å²) in [7, 11) is 0. The molecule has 3 aromatic heterocycles. The standard InChI is InChI=1S/C21H16ClN3OS/c22-20-9-8-19(27-20)18-13-16(15-6-1-2-7-17(15)25-18)21(26)24-12-10-14-5-3-4-11-23-14/h1-9,11,13H,10,12H2,(H,24,26). The molecule has 0 aliphatic rings. The van der Waals surface area contributed by atoms with Gasteiger partial charge < -0.3 is 5.32 Å². The molecule has 0 saturated carbocycles. The summed E-state index contributed by atoms with van der Waals surface area (Å²) in [6.07, 6.45) is 2.44. The molecule has 0 bridgehead atoms. The molecule has 0 atom stereocenters. The summed E-state index contributed by atoms with van der Waals surface area (Å²) >= 11 is 7.51. The summed E-state index contributed by atoms with van der Waals surface area (Å²) in [5, 5.41) is 3.83. The Morgan fingerprint density at radius 2 is 1.93 bits per heavy atom. The van der Waals surface area contributed by atoms with Crippen LogP contribution in [0.15, 0.2) is 66.9 Å². The topological polar surface area (TPSA) is 54.9 Å². The maximum atomic E-state index is 12.9. The number of hydrogen-bond acceptors (Lipinski definition) is 4. The summed E-state index contributed by atoms with van der Waals surface area (Å²) < 4.78 is 0.696. The Labute approximate surface area is 165 Å². The number of carbonyl (C=O) groups excluding carboxylic acids is 1. The van der Waals surface area contributed by atoms with Crippen LogP contribution in [0.1, 0.15) is 16.1 Å². The minimum absolute atomic E-state index is 0.117. The van der Waals surface area contributed by atoms with Gasteiger partial charge in [0.2, 0.25) is 0 Å². The lowest BCUT2D eigenvalue weighted by molar-refractivity contribution is 0.0955. The number of amides is 1. The van der Waals surface area contributed by atoms with Gasteiger partial charge in [0.05, 0.1) is 26.0 Å². The lowest BCUT2D eigenvalue weighted by Crippen LogP contribution is -2.26. The van der Waals surface area contributed by atoms with E-state index in [0.717, 1.165) is 27.2 Å². The minimum Gasteiger partial charge on any atom is -0.352 e. The second kappa shape index (κ2) is 7.86. The minimum atomic E-state index is -0.117. The third-order valence-electron chi connectivity index (χ3n) is 4.18. The van der Waals surface area contributed by atoms with Crippen molar-refractivity contribution in [2.45, 2.75) is 6.42 Å². The van der Waals surface area contributed by atoms with Crippen LogP contribution in [0.25, 0.3) is 21.5 Å². The summed E-state index contributed by atoms with van der Waals surface area (Å²) in [5.41, 5.74) is 3.10. The number of nitrogens with one attached hydrogen (secondary N) is 1. The Balaban J connectivity index is 1.62. The van der Waals surface area contributed by atoms with Gasteiger partial charge in [0, 0.05) is 30.2 Å². The number of halogens is 1. The molecule has 6 heteroatoms. The van der Waals surface area contributed by atoms with Gasteiger partial charge in [-0.3, -0.25) is 9.78 Å². The molecule has 1 N–H and O–H groups in total. The largest absolute Gasteiger partial charge is 0.352 e. The fourth-order valence-corrected chi connectivity index (χ4v) is 3.89.